The summed E-state index contributed by atoms with van der Waals surface area (Å²) < 4.78 is 16.1. The van der Waals surface area contributed by atoms with Crippen molar-refractivity contribution in [2.24, 2.45) is 0 Å². The smallest absolute Gasteiger partial charge is 0.262 e. The van der Waals surface area contributed by atoms with Crippen LogP contribution in [0.25, 0.3) is 17.0 Å². The molecule has 0 saturated heterocycles. The van der Waals surface area contributed by atoms with E-state index in [0.29, 0.717) is 10.6 Å². The van der Waals surface area contributed by atoms with Gasteiger partial charge in [0.2, 0.25) is 0 Å². The van der Waals surface area contributed by atoms with Crippen LogP contribution in [0.2, 0.25) is 5.02 Å². The van der Waals surface area contributed by atoms with Crippen molar-refractivity contribution in [2.45, 2.75) is 25.4 Å². The molecule has 0 bridgehead atoms. The second-order valence-electron chi connectivity index (χ2n) is 6.85. The summed E-state index contributed by atoms with van der Waals surface area (Å²) in [6, 6.07) is 14.4. The Balaban J connectivity index is 1.75. The van der Waals surface area contributed by atoms with Crippen molar-refractivity contribution in [3.8, 4) is 6.07 Å². The topological polar surface area (TPSA) is 57.8 Å². The Labute approximate surface area is 166 Å². The number of aromatic nitrogens is 1. The van der Waals surface area contributed by atoms with Crippen molar-refractivity contribution in [3.63, 3.8) is 0 Å². The summed E-state index contributed by atoms with van der Waals surface area (Å²) >= 11 is 6.18. The van der Waals surface area contributed by atoms with Gasteiger partial charge in [-0.15, -0.1) is 0 Å². The average molecular weight is 394 g/mol. The minimum absolute atomic E-state index is 0.0544. The van der Waals surface area contributed by atoms with E-state index in [-0.39, 0.29) is 29.9 Å². The highest BCUT2D eigenvalue weighted by molar-refractivity contribution is 6.31. The first-order valence-electron chi connectivity index (χ1n) is 9.00. The van der Waals surface area contributed by atoms with E-state index in [9.17, 15) is 14.4 Å². The van der Waals surface area contributed by atoms with Crippen molar-refractivity contribution in [1.82, 2.24) is 9.88 Å². The van der Waals surface area contributed by atoms with Gasteiger partial charge in [0.1, 0.15) is 17.5 Å². The third-order valence-electron chi connectivity index (χ3n) is 4.79. The number of benzene rings is 2. The van der Waals surface area contributed by atoms with Gasteiger partial charge in [-0.05, 0) is 37.1 Å². The molecule has 1 aliphatic rings. The summed E-state index contributed by atoms with van der Waals surface area (Å²) in [5.74, 6) is -0.733. The Kier molecular flexibility index (Phi) is 4.89. The van der Waals surface area contributed by atoms with E-state index in [4.69, 9.17) is 11.6 Å². The highest BCUT2D eigenvalue weighted by atomic mass is 35.5. The highest BCUT2D eigenvalue weighted by Crippen LogP contribution is 2.27. The van der Waals surface area contributed by atoms with Crippen molar-refractivity contribution in [1.29, 1.82) is 5.26 Å². The van der Waals surface area contributed by atoms with Gasteiger partial charge in [-0.2, -0.15) is 5.26 Å². The molecular weight excluding hydrogens is 377 g/mol. The number of nitrogens with zero attached hydrogens (tertiary/aromatic N) is 2. The molecule has 4 rings (SSSR count). The number of fused-ring (bicyclic) bond motifs is 1. The van der Waals surface area contributed by atoms with Gasteiger partial charge in [0.05, 0.1) is 6.54 Å². The van der Waals surface area contributed by atoms with Gasteiger partial charge >= 0.3 is 0 Å². The van der Waals surface area contributed by atoms with Gasteiger partial charge < -0.3 is 9.88 Å². The van der Waals surface area contributed by atoms with Crippen LogP contribution < -0.4 is 5.32 Å². The second kappa shape index (κ2) is 7.49. The fourth-order valence-electron chi connectivity index (χ4n) is 3.17. The number of carbonyl (C=O) groups excluding carboxylic acids is 1. The number of amides is 1. The van der Waals surface area contributed by atoms with E-state index >= 15 is 0 Å². The third kappa shape index (κ3) is 3.64. The normalized spacial score (nSPS) is 14.1. The zero-order chi connectivity index (χ0) is 19.7. The summed E-state index contributed by atoms with van der Waals surface area (Å²) in [6.45, 7) is 0.246. The maximum Gasteiger partial charge on any atom is 0.262 e. The molecule has 1 aromatic heterocycles. The van der Waals surface area contributed by atoms with Gasteiger partial charge in [-0.1, -0.05) is 35.9 Å². The molecular formula is C22H17ClFN3O. The highest BCUT2D eigenvalue weighted by Gasteiger charge is 2.25. The second-order valence-corrected chi connectivity index (χ2v) is 7.25. The number of nitriles is 1. The van der Waals surface area contributed by atoms with Gasteiger partial charge in [-0.3, -0.25) is 4.79 Å². The number of rotatable bonds is 5. The number of nitrogens with one attached hydrogen (secondary N) is 1. The molecule has 1 aliphatic carbocycles. The van der Waals surface area contributed by atoms with E-state index in [2.05, 4.69) is 5.32 Å². The Morgan fingerprint density at radius 2 is 2.07 bits per heavy atom. The number of para-hydroxylation sites is 1. The molecule has 1 amide bonds. The van der Waals surface area contributed by atoms with Crippen LogP contribution in [-0.2, 0) is 11.3 Å². The van der Waals surface area contributed by atoms with E-state index < -0.39 is 0 Å². The molecule has 0 aliphatic heterocycles. The largest absolute Gasteiger partial charge is 0.349 e. The van der Waals surface area contributed by atoms with Gasteiger partial charge in [0.15, 0.2) is 0 Å². The molecule has 1 saturated carbocycles. The summed E-state index contributed by atoms with van der Waals surface area (Å²) in [7, 11) is 0. The van der Waals surface area contributed by atoms with E-state index in [1.54, 1.807) is 18.2 Å². The zero-order valence-electron chi connectivity index (χ0n) is 15.0. The van der Waals surface area contributed by atoms with Crippen LogP contribution in [0.15, 0.2) is 54.2 Å². The van der Waals surface area contributed by atoms with Crippen LogP contribution in [0, 0.1) is 17.1 Å². The summed E-state index contributed by atoms with van der Waals surface area (Å²) in [5, 5.41) is 13.5. The van der Waals surface area contributed by atoms with Gasteiger partial charge in [0.25, 0.3) is 5.91 Å². The van der Waals surface area contributed by atoms with Crippen LogP contribution in [0.1, 0.15) is 24.0 Å². The lowest BCUT2D eigenvalue weighted by Gasteiger charge is -2.08. The third-order valence-corrected chi connectivity index (χ3v) is 5.14. The Morgan fingerprint density at radius 1 is 1.29 bits per heavy atom. The van der Waals surface area contributed by atoms with Crippen LogP contribution >= 0.6 is 11.6 Å². The van der Waals surface area contributed by atoms with Crippen LogP contribution in [0.5, 0.6) is 0 Å². The minimum Gasteiger partial charge on any atom is -0.349 e. The standard InChI is InChI=1S/C22H17ClFN3O/c23-19-5-3-6-20(24)18(19)13-27-12-15(17-4-1-2-7-21(17)27)10-14(11-25)22(28)26-16-8-9-16/h1-7,10,12,16H,8-9,13H2,(H,26,28)/b14-10+. The molecule has 4 nitrogen and oxygen atoms in total. The molecule has 0 spiro atoms. The van der Waals surface area contributed by atoms with Crippen molar-refractivity contribution in [3.05, 3.63) is 76.2 Å². The SMILES string of the molecule is N#C/C(=C\c1cn(Cc2c(F)cccc2Cl)c2ccccc12)C(=O)NC1CC1. The maximum atomic E-state index is 14.2. The summed E-state index contributed by atoms with van der Waals surface area (Å²) in [5.41, 5.74) is 2.05. The fraction of sp³-hybridized carbons (Fsp3) is 0.182. The molecule has 3 aromatic rings. The molecule has 6 heteroatoms. The van der Waals surface area contributed by atoms with Crippen molar-refractivity contribution in [2.75, 3.05) is 0 Å². The number of carbonyl (C=O) groups is 1. The predicted molar refractivity (Wildman–Crippen MR) is 107 cm³/mol. The number of halogens is 2. The first-order chi connectivity index (χ1) is 13.6. The van der Waals surface area contributed by atoms with Crippen LogP contribution in [0.4, 0.5) is 4.39 Å². The van der Waals surface area contributed by atoms with E-state index in [0.717, 1.165) is 29.3 Å². The molecule has 0 atom stereocenters. The zero-order valence-corrected chi connectivity index (χ0v) is 15.7. The summed E-state index contributed by atoms with van der Waals surface area (Å²) in [4.78, 5) is 12.3. The van der Waals surface area contributed by atoms with Gasteiger partial charge in [-0.25, -0.2) is 4.39 Å². The Hall–Kier alpha value is -3.10. The number of hydrogen-bond donors (Lipinski definition) is 1. The Bertz CT molecular complexity index is 1120. The van der Waals surface area contributed by atoms with E-state index in [1.165, 1.54) is 6.07 Å². The average Bonchev–Trinajstić information content (AvgIpc) is 3.44. The quantitative estimate of drug-likeness (QED) is 0.506. The molecule has 140 valence electrons. The Morgan fingerprint density at radius 3 is 2.79 bits per heavy atom. The lowest BCUT2D eigenvalue weighted by atomic mass is 10.1. The molecule has 0 unspecified atom stereocenters. The predicted octanol–water partition coefficient (Wildman–Crippen LogP) is 4.67. The first-order valence-corrected chi connectivity index (χ1v) is 9.38. The lowest BCUT2D eigenvalue weighted by molar-refractivity contribution is -0.117. The monoisotopic (exact) mass is 393 g/mol. The van der Waals surface area contributed by atoms with Gasteiger partial charge in [0, 0.05) is 39.3 Å². The summed E-state index contributed by atoms with van der Waals surface area (Å²) in [6.07, 6.45) is 5.30. The van der Waals surface area contributed by atoms with Crippen molar-refractivity contribution >= 4 is 34.5 Å². The van der Waals surface area contributed by atoms with Crippen molar-refractivity contribution < 1.29 is 9.18 Å². The lowest BCUT2D eigenvalue weighted by Crippen LogP contribution is -2.26. The number of hydrogen-bond acceptors (Lipinski definition) is 2. The molecule has 28 heavy (non-hydrogen) atoms. The van der Waals surface area contributed by atoms with Crippen LogP contribution in [-0.4, -0.2) is 16.5 Å². The van der Waals surface area contributed by atoms with Crippen LogP contribution in [0.3, 0.4) is 0 Å². The fourth-order valence-corrected chi connectivity index (χ4v) is 3.39. The molecule has 1 fully saturated rings. The molecule has 1 N–H and O–H groups in total. The first kappa shape index (κ1) is 18.3. The van der Waals surface area contributed by atoms with E-state index in [1.807, 2.05) is 41.1 Å². The molecule has 0 radical (unpaired) electrons. The molecule has 1 heterocycles. The minimum atomic E-state index is -0.371. The maximum absolute atomic E-state index is 14.2. The molecule has 2 aromatic carbocycles.